The number of amides is 1. The highest BCUT2D eigenvalue weighted by Crippen LogP contribution is 2.30. The third kappa shape index (κ3) is 3.63. The second-order valence-corrected chi connectivity index (χ2v) is 5.49. The minimum Gasteiger partial charge on any atom is -0.493 e. The number of hydrogen-bond donors (Lipinski definition) is 1. The van der Waals surface area contributed by atoms with Gasteiger partial charge in [-0.3, -0.25) is 9.59 Å². The Morgan fingerprint density at radius 2 is 2.04 bits per heavy atom. The van der Waals surface area contributed by atoms with Crippen molar-refractivity contribution in [1.82, 2.24) is 9.88 Å². The van der Waals surface area contributed by atoms with Crippen molar-refractivity contribution < 1.29 is 9.53 Å². The van der Waals surface area contributed by atoms with Gasteiger partial charge in [0, 0.05) is 25.2 Å². The number of H-pyrrole nitrogens is 1. The Morgan fingerprint density at radius 1 is 1.29 bits per heavy atom. The van der Waals surface area contributed by atoms with Crippen LogP contribution < -0.4 is 10.3 Å². The first-order valence-electron chi connectivity index (χ1n) is 7.60. The lowest BCUT2D eigenvalue weighted by Crippen LogP contribution is -2.21. The van der Waals surface area contributed by atoms with E-state index in [9.17, 15) is 9.59 Å². The molecule has 1 amide bonds. The average Bonchev–Trinajstić information content (AvgIpc) is 2.59. The van der Waals surface area contributed by atoms with Crippen molar-refractivity contribution in [3.8, 4) is 23.1 Å². The van der Waals surface area contributed by atoms with Gasteiger partial charge in [-0.1, -0.05) is 6.92 Å². The van der Waals surface area contributed by atoms with Gasteiger partial charge in [0.1, 0.15) is 17.4 Å². The highest BCUT2D eigenvalue weighted by atomic mass is 16.5. The number of rotatable bonds is 5. The van der Waals surface area contributed by atoms with Gasteiger partial charge < -0.3 is 14.6 Å². The van der Waals surface area contributed by atoms with Crippen LogP contribution in [0.25, 0.3) is 11.3 Å². The molecule has 0 atom stereocenters. The molecular formula is C18H19N3O3. The number of nitrogens with zero attached hydrogens (tertiary/aromatic N) is 2. The summed E-state index contributed by atoms with van der Waals surface area (Å²) < 4.78 is 5.72. The molecule has 0 aliphatic rings. The molecule has 24 heavy (non-hydrogen) atoms. The van der Waals surface area contributed by atoms with Gasteiger partial charge in [0.05, 0.1) is 12.3 Å². The lowest BCUT2D eigenvalue weighted by molar-refractivity contribution is 0.0827. The van der Waals surface area contributed by atoms with Gasteiger partial charge in [0.2, 0.25) is 0 Å². The zero-order valence-electron chi connectivity index (χ0n) is 13.9. The van der Waals surface area contributed by atoms with E-state index in [2.05, 4.69) is 4.98 Å². The molecule has 0 saturated heterocycles. The summed E-state index contributed by atoms with van der Waals surface area (Å²) in [4.78, 5) is 28.2. The monoisotopic (exact) mass is 325 g/mol. The van der Waals surface area contributed by atoms with Crippen LogP contribution in [0.2, 0.25) is 0 Å². The van der Waals surface area contributed by atoms with Crippen LogP contribution in [0.1, 0.15) is 29.3 Å². The van der Waals surface area contributed by atoms with Crippen molar-refractivity contribution in [3.05, 3.63) is 51.8 Å². The molecule has 0 aliphatic heterocycles. The Labute approximate surface area is 140 Å². The van der Waals surface area contributed by atoms with Crippen molar-refractivity contribution in [3.63, 3.8) is 0 Å². The number of hydrogen-bond acceptors (Lipinski definition) is 4. The number of nitriles is 1. The molecule has 0 spiro atoms. The van der Waals surface area contributed by atoms with Crippen LogP contribution in [0.3, 0.4) is 0 Å². The van der Waals surface area contributed by atoms with Crippen molar-refractivity contribution in [2.75, 3.05) is 20.7 Å². The predicted molar refractivity (Wildman–Crippen MR) is 91.0 cm³/mol. The summed E-state index contributed by atoms with van der Waals surface area (Å²) in [6.07, 6.45) is 0.835. The van der Waals surface area contributed by atoms with Crippen molar-refractivity contribution in [2.45, 2.75) is 13.3 Å². The van der Waals surface area contributed by atoms with Gasteiger partial charge in [-0.05, 0) is 36.8 Å². The van der Waals surface area contributed by atoms with E-state index < -0.39 is 5.56 Å². The van der Waals surface area contributed by atoms with Crippen LogP contribution in [0.15, 0.2) is 35.1 Å². The van der Waals surface area contributed by atoms with Gasteiger partial charge in [-0.25, -0.2) is 0 Å². The van der Waals surface area contributed by atoms with Gasteiger partial charge in [0.25, 0.3) is 11.5 Å². The van der Waals surface area contributed by atoms with Crippen LogP contribution in [0.5, 0.6) is 5.75 Å². The molecular weight excluding hydrogens is 306 g/mol. The minimum absolute atomic E-state index is 0.0373. The first-order chi connectivity index (χ1) is 11.5. The van der Waals surface area contributed by atoms with Crippen molar-refractivity contribution in [2.24, 2.45) is 0 Å². The molecule has 0 saturated carbocycles. The van der Waals surface area contributed by atoms with Crippen LogP contribution in [0, 0.1) is 11.3 Å². The average molecular weight is 325 g/mol. The van der Waals surface area contributed by atoms with E-state index in [1.54, 1.807) is 38.4 Å². The Balaban J connectivity index is 2.57. The molecule has 1 aromatic heterocycles. The number of pyridine rings is 1. The van der Waals surface area contributed by atoms with E-state index in [0.717, 1.165) is 6.42 Å². The fourth-order valence-electron chi connectivity index (χ4n) is 2.19. The Morgan fingerprint density at radius 3 is 2.62 bits per heavy atom. The quantitative estimate of drug-likeness (QED) is 0.914. The zero-order valence-corrected chi connectivity index (χ0v) is 13.9. The largest absolute Gasteiger partial charge is 0.493 e. The molecule has 2 rings (SSSR count). The van der Waals surface area contributed by atoms with Crippen molar-refractivity contribution >= 4 is 5.91 Å². The molecule has 0 unspecified atom stereocenters. The number of carbonyl (C=O) groups is 1. The molecule has 2 aromatic rings. The maximum atomic E-state index is 12.2. The molecule has 0 bridgehead atoms. The van der Waals surface area contributed by atoms with E-state index in [1.165, 1.54) is 11.0 Å². The van der Waals surface area contributed by atoms with E-state index >= 15 is 0 Å². The van der Waals surface area contributed by atoms with E-state index in [4.69, 9.17) is 10.00 Å². The summed E-state index contributed by atoms with van der Waals surface area (Å²) >= 11 is 0. The topological polar surface area (TPSA) is 86.2 Å². The second kappa shape index (κ2) is 7.47. The molecule has 0 fully saturated rings. The molecule has 1 N–H and O–H groups in total. The molecule has 1 heterocycles. The second-order valence-electron chi connectivity index (χ2n) is 5.49. The Hall–Kier alpha value is -3.07. The maximum Gasteiger partial charge on any atom is 0.266 e. The molecule has 0 radical (unpaired) electrons. The van der Waals surface area contributed by atoms with Crippen LogP contribution in [-0.2, 0) is 0 Å². The van der Waals surface area contributed by atoms with Gasteiger partial charge in [-0.15, -0.1) is 0 Å². The van der Waals surface area contributed by atoms with Crippen LogP contribution in [0.4, 0.5) is 0 Å². The summed E-state index contributed by atoms with van der Waals surface area (Å²) in [7, 11) is 3.35. The number of carbonyl (C=O) groups excluding carboxylic acids is 1. The van der Waals surface area contributed by atoms with Gasteiger partial charge in [-0.2, -0.15) is 5.26 Å². The number of aromatic amines is 1. The fraction of sp³-hybridized carbons (Fsp3) is 0.278. The van der Waals surface area contributed by atoms with Crippen molar-refractivity contribution in [1.29, 1.82) is 5.26 Å². The summed E-state index contributed by atoms with van der Waals surface area (Å²) in [5, 5.41) is 8.88. The Bertz CT molecular complexity index is 847. The minimum atomic E-state index is -0.471. The highest BCUT2D eigenvalue weighted by molar-refractivity contribution is 5.95. The summed E-state index contributed by atoms with van der Waals surface area (Å²) in [5.41, 5.74) is 1.16. The smallest absolute Gasteiger partial charge is 0.266 e. The first kappa shape index (κ1) is 17.3. The SMILES string of the molecule is CCCOc1ccc(C(=O)N(C)C)cc1-c1ccc(C#N)c(=O)[nH]1. The number of ether oxygens (including phenoxy) is 1. The van der Waals surface area contributed by atoms with E-state index in [-0.39, 0.29) is 11.5 Å². The predicted octanol–water partition coefficient (Wildman–Crippen LogP) is 2.40. The maximum absolute atomic E-state index is 12.2. The first-order valence-corrected chi connectivity index (χ1v) is 7.60. The third-order valence-electron chi connectivity index (χ3n) is 3.41. The lowest BCUT2D eigenvalue weighted by Gasteiger charge is -2.15. The van der Waals surface area contributed by atoms with E-state index in [0.29, 0.717) is 29.2 Å². The molecule has 6 nitrogen and oxygen atoms in total. The zero-order chi connectivity index (χ0) is 17.7. The summed E-state index contributed by atoms with van der Waals surface area (Å²) in [6.45, 7) is 2.52. The van der Waals surface area contributed by atoms with Gasteiger partial charge in [0.15, 0.2) is 0 Å². The molecule has 124 valence electrons. The third-order valence-corrected chi connectivity index (χ3v) is 3.41. The fourth-order valence-corrected chi connectivity index (χ4v) is 2.19. The number of aromatic nitrogens is 1. The summed E-state index contributed by atoms with van der Waals surface area (Å²) in [5.74, 6) is 0.432. The summed E-state index contributed by atoms with van der Waals surface area (Å²) in [6, 6.07) is 10.0. The van der Waals surface area contributed by atoms with Crippen LogP contribution >= 0.6 is 0 Å². The number of benzene rings is 1. The standard InChI is InChI=1S/C18H19N3O3/c1-4-9-24-16-8-6-12(18(23)21(2)3)10-14(16)15-7-5-13(11-19)17(22)20-15/h5-8,10H,4,9H2,1-3H3,(H,20,22). The normalized spacial score (nSPS) is 10.1. The van der Waals surface area contributed by atoms with Gasteiger partial charge >= 0.3 is 0 Å². The van der Waals surface area contributed by atoms with Crippen LogP contribution in [-0.4, -0.2) is 36.5 Å². The molecule has 6 heteroatoms. The molecule has 1 aromatic carbocycles. The molecule has 0 aliphatic carbocycles. The number of nitrogens with one attached hydrogen (secondary N) is 1. The lowest BCUT2D eigenvalue weighted by atomic mass is 10.0. The Kier molecular flexibility index (Phi) is 5.38. The van der Waals surface area contributed by atoms with E-state index in [1.807, 2.05) is 13.0 Å². The highest BCUT2D eigenvalue weighted by Gasteiger charge is 2.14.